The van der Waals surface area contributed by atoms with Gasteiger partial charge in [-0.1, -0.05) is 0 Å². The zero-order chi connectivity index (χ0) is 10.6. The Morgan fingerprint density at radius 3 is 2.57 bits per heavy atom. The molecular formula is C10H20N2O2. The molecule has 0 aromatic carbocycles. The standard InChI is InChI=1S/C10H20N2O2/c1-10(2,11)7-12-9(13)8-3-5-14-6-4-8/h8H,3-7,11H2,1-2H3,(H,12,13). The molecular weight excluding hydrogens is 180 g/mol. The maximum atomic E-state index is 11.6. The Hall–Kier alpha value is -0.610. The van der Waals surface area contributed by atoms with Gasteiger partial charge in [0.05, 0.1) is 0 Å². The number of nitrogens with two attached hydrogens (primary N) is 1. The zero-order valence-corrected chi connectivity index (χ0v) is 9.01. The lowest BCUT2D eigenvalue weighted by Crippen LogP contribution is -2.47. The van der Waals surface area contributed by atoms with Crippen molar-refractivity contribution in [2.45, 2.75) is 32.2 Å². The van der Waals surface area contributed by atoms with E-state index in [2.05, 4.69) is 5.32 Å². The lowest BCUT2D eigenvalue weighted by molar-refractivity contribution is -0.128. The van der Waals surface area contributed by atoms with Crippen molar-refractivity contribution in [3.05, 3.63) is 0 Å². The van der Waals surface area contributed by atoms with Crippen molar-refractivity contribution in [2.75, 3.05) is 19.8 Å². The lowest BCUT2D eigenvalue weighted by Gasteiger charge is -2.24. The summed E-state index contributed by atoms with van der Waals surface area (Å²) in [5.41, 5.74) is 5.44. The van der Waals surface area contributed by atoms with Gasteiger partial charge < -0.3 is 15.8 Å². The lowest BCUT2D eigenvalue weighted by atomic mass is 9.99. The Bertz CT molecular complexity index is 193. The Morgan fingerprint density at radius 2 is 2.07 bits per heavy atom. The van der Waals surface area contributed by atoms with Gasteiger partial charge in [-0.3, -0.25) is 4.79 Å². The van der Waals surface area contributed by atoms with E-state index in [0.717, 1.165) is 12.8 Å². The maximum absolute atomic E-state index is 11.6. The fraction of sp³-hybridized carbons (Fsp3) is 0.900. The molecule has 82 valence electrons. The third-order valence-corrected chi connectivity index (χ3v) is 2.31. The molecule has 0 bridgehead atoms. The molecule has 0 unspecified atom stereocenters. The summed E-state index contributed by atoms with van der Waals surface area (Å²) < 4.78 is 5.19. The van der Waals surface area contributed by atoms with Crippen molar-refractivity contribution in [2.24, 2.45) is 11.7 Å². The zero-order valence-electron chi connectivity index (χ0n) is 9.01. The molecule has 1 amide bonds. The molecule has 0 radical (unpaired) electrons. The molecule has 1 rings (SSSR count). The van der Waals surface area contributed by atoms with Gasteiger partial charge in [0.25, 0.3) is 0 Å². The minimum absolute atomic E-state index is 0.117. The molecule has 0 saturated carbocycles. The molecule has 1 fully saturated rings. The first-order valence-electron chi connectivity index (χ1n) is 5.13. The number of ether oxygens (including phenoxy) is 1. The molecule has 1 aliphatic heterocycles. The highest BCUT2D eigenvalue weighted by molar-refractivity contribution is 5.78. The second kappa shape index (κ2) is 4.75. The van der Waals surface area contributed by atoms with Crippen LogP contribution < -0.4 is 11.1 Å². The summed E-state index contributed by atoms with van der Waals surface area (Å²) in [6.45, 7) is 5.73. The van der Waals surface area contributed by atoms with Crippen molar-refractivity contribution in [1.82, 2.24) is 5.32 Å². The summed E-state index contributed by atoms with van der Waals surface area (Å²) in [6.07, 6.45) is 1.66. The molecule has 14 heavy (non-hydrogen) atoms. The van der Waals surface area contributed by atoms with Gasteiger partial charge in [-0.25, -0.2) is 0 Å². The van der Waals surface area contributed by atoms with Gasteiger partial charge in [-0.05, 0) is 26.7 Å². The smallest absolute Gasteiger partial charge is 0.223 e. The van der Waals surface area contributed by atoms with Gasteiger partial charge in [0.2, 0.25) is 5.91 Å². The Balaban J connectivity index is 2.27. The molecule has 0 aromatic rings. The van der Waals surface area contributed by atoms with Crippen LogP contribution in [0.4, 0.5) is 0 Å². The van der Waals surface area contributed by atoms with Crippen molar-refractivity contribution in [3.63, 3.8) is 0 Å². The van der Waals surface area contributed by atoms with E-state index in [4.69, 9.17) is 10.5 Å². The quantitative estimate of drug-likeness (QED) is 0.687. The number of hydrogen-bond acceptors (Lipinski definition) is 3. The van der Waals surface area contributed by atoms with Crippen molar-refractivity contribution >= 4 is 5.91 Å². The molecule has 4 nitrogen and oxygen atoms in total. The van der Waals surface area contributed by atoms with Gasteiger partial charge in [0.15, 0.2) is 0 Å². The predicted octanol–water partition coefficient (Wildman–Crippen LogP) is 0.267. The monoisotopic (exact) mass is 200 g/mol. The number of carbonyl (C=O) groups is 1. The molecule has 3 N–H and O–H groups in total. The average molecular weight is 200 g/mol. The molecule has 0 aliphatic carbocycles. The van der Waals surface area contributed by atoms with Crippen molar-refractivity contribution in [1.29, 1.82) is 0 Å². The van der Waals surface area contributed by atoms with Crippen LogP contribution in [0.15, 0.2) is 0 Å². The fourth-order valence-electron chi connectivity index (χ4n) is 1.42. The second-order valence-corrected chi connectivity index (χ2v) is 4.59. The van der Waals surface area contributed by atoms with Gasteiger partial charge >= 0.3 is 0 Å². The normalized spacial score (nSPS) is 19.4. The Kier molecular flexibility index (Phi) is 3.89. The van der Waals surface area contributed by atoms with E-state index in [-0.39, 0.29) is 17.4 Å². The van der Waals surface area contributed by atoms with Crippen LogP contribution in [0.3, 0.4) is 0 Å². The van der Waals surface area contributed by atoms with Crippen LogP contribution in [-0.2, 0) is 9.53 Å². The predicted molar refractivity (Wildman–Crippen MR) is 54.8 cm³/mol. The SMILES string of the molecule is CC(C)(N)CNC(=O)C1CCOCC1. The van der Waals surface area contributed by atoms with Gasteiger partial charge in [-0.15, -0.1) is 0 Å². The largest absolute Gasteiger partial charge is 0.381 e. The third kappa shape index (κ3) is 4.07. The summed E-state index contributed by atoms with van der Waals surface area (Å²) in [4.78, 5) is 11.6. The summed E-state index contributed by atoms with van der Waals surface area (Å²) >= 11 is 0. The number of carbonyl (C=O) groups excluding carboxylic acids is 1. The molecule has 1 aliphatic rings. The number of amides is 1. The second-order valence-electron chi connectivity index (χ2n) is 4.59. The van der Waals surface area contributed by atoms with E-state index in [1.807, 2.05) is 13.8 Å². The van der Waals surface area contributed by atoms with Crippen LogP contribution in [0, 0.1) is 5.92 Å². The molecule has 1 saturated heterocycles. The summed E-state index contributed by atoms with van der Waals surface area (Å²) in [5, 5.41) is 2.87. The highest BCUT2D eigenvalue weighted by Crippen LogP contribution is 2.14. The number of rotatable bonds is 3. The number of nitrogens with one attached hydrogen (secondary N) is 1. The molecule has 4 heteroatoms. The van der Waals surface area contributed by atoms with Crippen LogP contribution in [0.2, 0.25) is 0 Å². The molecule has 0 atom stereocenters. The molecule has 1 heterocycles. The van der Waals surface area contributed by atoms with E-state index in [1.165, 1.54) is 0 Å². The highest BCUT2D eigenvalue weighted by atomic mass is 16.5. The van der Waals surface area contributed by atoms with E-state index >= 15 is 0 Å². The van der Waals surface area contributed by atoms with Crippen LogP contribution >= 0.6 is 0 Å². The van der Waals surface area contributed by atoms with Gasteiger partial charge in [-0.2, -0.15) is 0 Å². The Labute approximate surface area is 85.2 Å². The first-order chi connectivity index (χ1) is 6.49. The van der Waals surface area contributed by atoms with E-state index in [9.17, 15) is 4.79 Å². The first kappa shape index (κ1) is 11.5. The molecule has 0 aromatic heterocycles. The van der Waals surface area contributed by atoms with Crippen molar-refractivity contribution in [3.8, 4) is 0 Å². The maximum Gasteiger partial charge on any atom is 0.223 e. The first-order valence-corrected chi connectivity index (χ1v) is 5.13. The topological polar surface area (TPSA) is 64.3 Å². The van der Waals surface area contributed by atoms with E-state index in [0.29, 0.717) is 19.8 Å². The summed E-state index contributed by atoms with van der Waals surface area (Å²) in [5.74, 6) is 0.234. The molecule has 0 spiro atoms. The van der Waals surface area contributed by atoms with Crippen LogP contribution in [0.25, 0.3) is 0 Å². The minimum atomic E-state index is -0.333. The van der Waals surface area contributed by atoms with Gasteiger partial charge in [0, 0.05) is 31.2 Å². The Morgan fingerprint density at radius 1 is 1.50 bits per heavy atom. The fourth-order valence-corrected chi connectivity index (χ4v) is 1.42. The van der Waals surface area contributed by atoms with Crippen molar-refractivity contribution < 1.29 is 9.53 Å². The van der Waals surface area contributed by atoms with Crippen LogP contribution in [-0.4, -0.2) is 31.2 Å². The summed E-state index contributed by atoms with van der Waals surface area (Å²) in [7, 11) is 0. The highest BCUT2D eigenvalue weighted by Gasteiger charge is 2.22. The van der Waals surface area contributed by atoms with E-state index < -0.39 is 0 Å². The third-order valence-electron chi connectivity index (χ3n) is 2.31. The van der Waals surface area contributed by atoms with E-state index in [1.54, 1.807) is 0 Å². The summed E-state index contributed by atoms with van der Waals surface area (Å²) in [6, 6.07) is 0. The minimum Gasteiger partial charge on any atom is -0.381 e. The number of hydrogen-bond donors (Lipinski definition) is 2. The van der Waals surface area contributed by atoms with Crippen LogP contribution in [0.5, 0.6) is 0 Å². The van der Waals surface area contributed by atoms with Gasteiger partial charge in [0.1, 0.15) is 0 Å². The van der Waals surface area contributed by atoms with Crippen LogP contribution in [0.1, 0.15) is 26.7 Å². The average Bonchev–Trinajstić information content (AvgIpc) is 2.14.